The minimum Gasteiger partial charge on any atom is -0.494 e. The van der Waals surface area contributed by atoms with E-state index < -0.39 is 0 Å². The molecule has 1 aliphatic rings. The summed E-state index contributed by atoms with van der Waals surface area (Å²) in [5.74, 6) is 1.68. The van der Waals surface area contributed by atoms with E-state index in [9.17, 15) is 4.79 Å². The molecule has 6 heteroatoms. The Morgan fingerprint density at radius 2 is 2.08 bits per heavy atom. The number of nitrogens with zero attached hydrogens (tertiary/aromatic N) is 3. The lowest BCUT2D eigenvalue weighted by Crippen LogP contribution is -2.49. The number of carbonyl (C=O) groups excluding carboxylic acids is 1. The summed E-state index contributed by atoms with van der Waals surface area (Å²) in [6, 6.07) is 8.04. The highest BCUT2D eigenvalue weighted by Gasteiger charge is 2.23. The van der Waals surface area contributed by atoms with Gasteiger partial charge in [0.05, 0.1) is 7.11 Å². The summed E-state index contributed by atoms with van der Waals surface area (Å²) in [5, 5.41) is 1.09. The van der Waals surface area contributed by atoms with Crippen molar-refractivity contribution in [2.45, 2.75) is 6.92 Å². The van der Waals surface area contributed by atoms with Crippen molar-refractivity contribution in [1.29, 1.82) is 0 Å². The van der Waals surface area contributed by atoms with Gasteiger partial charge in [0.1, 0.15) is 23.7 Å². The fraction of sp³-hybridized carbons (Fsp3) is 0.368. The number of hydrogen-bond acceptors (Lipinski definition) is 5. The Bertz CT molecular complexity index is 783. The molecule has 1 amide bonds. The van der Waals surface area contributed by atoms with Gasteiger partial charge in [-0.1, -0.05) is 24.8 Å². The standard InChI is InChI=1S/C19H23N3O3/c1-4-12-25-19(23)22-10-8-21(9-11-22)17-13-14(2)15-6-5-7-16(24-3)18(15)20-17/h4-7,13H,1,8-12H2,2-3H3. The predicted octanol–water partition coefficient (Wildman–Crippen LogP) is 3.00. The number of hydrogen-bond donors (Lipinski definition) is 0. The fourth-order valence-electron chi connectivity index (χ4n) is 3.04. The second-order valence-corrected chi connectivity index (χ2v) is 5.99. The van der Waals surface area contributed by atoms with Gasteiger partial charge in [-0.2, -0.15) is 0 Å². The van der Waals surface area contributed by atoms with Gasteiger partial charge in [0.15, 0.2) is 0 Å². The van der Waals surface area contributed by atoms with Gasteiger partial charge in [-0.15, -0.1) is 0 Å². The van der Waals surface area contributed by atoms with E-state index in [1.54, 1.807) is 18.1 Å². The first-order valence-electron chi connectivity index (χ1n) is 8.36. The summed E-state index contributed by atoms with van der Waals surface area (Å²) in [5.41, 5.74) is 2.03. The third kappa shape index (κ3) is 3.52. The number of aromatic nitrogens is 1. The molecule has 0 N–H and O–H groups in total. The SMILES string of the molecule is C=CCOC(=O)N1CCN(c2cc(C)c3cccc(OC)c3n2)CC1. The first-order chi connectivity index (χ1) is 12.1. The minimum atomic E-state index is -0.288. The summed E-state index contributed by atoms with van der Waals surface area (Å²) in [6.45, 7) is 8.53. The molecule has 0 aliphatic carbocycles. The van der Waals surface area contributed by atoms with Crippen molar-refractivity contribution >= 4 is 22.8 Å². The van der Waals surface area contributed by atoms with Crippen LogP contribution in [0.25, 0.3) is 10.9 Å². The van der Waals surface area contributed by atoms with Crippen molar-refractivity contribution < 1.29 is 14.3 Å². The molecule has 1 aromatic heterocycles. The second-order valence-electron chi connectivity index (χ2n) is 5.99. The molecule has 132 valence electrons. The molecular weight excluding hydrogens is 318 g/mol. The average Bonchev–Trinajstić information content (AvgIpc) is 2.65. The number of carbonyl (C=O) groups is 1. The highest BCUT2D eigenvalue weighted by molar-refractivity contribution is 5.88. The Kier molecular flexibility index (Phi) is 5.07. The number of aryl methyl sites for hydroxylation is 1. The van der Waals surface area contributed by atoms with Gasteiger partial charge < -0.3 is 19.3 Å². The van der Waals surface area contributed by atoms with Crippen LogP contribution in [0.3, 0.4) is 0 Å². The molecule has 0 unspecified atom stereocenters. The second kappa shape index (κ2) is 7.42. The zero-order chi connectivity index (χ0) is 17.8. The number of para-hydroxylation sites is 1. The van der Waals surface area contributed by atoms with Crippen LogP contribution in [0.1, 0.15) is 5.56 Å². The van der Waals surface area contributed by atoms with Crippen LogP contribution in [0.15, 0.2) is 36.9 Å². The molecule has 1 saturated heterocycles. The quantitative estimate of drug-likeness (QED) is 0.800. The van der Waals surface area contributed by atoms with Crippen LogP contribution in [-0.2, 0) is 4.74 Å². The molecule has 0 radical (unpaired) electrons. The van der Waals surface area contributed by atoms with Crippen LogP contribution in [0.5, 0.6) is 5.75 Å². The third-order valence-corrected chi connectivity index (χ3v) is 4.40. The van der Waals surface area contributed by atoms with Gasteiger partial charge in [0, 0.05) is 31.6 Å². The molecule has 3 rings (SSSR count). The lowest BCUT2D eigenvalue weighted by atomic mass is 10.1. The first-order valence-corrected chi connectivity index (χ1v) is 8.36. The van der Waals surface area contributed by atoms with Crippen LogP contribution in [0.4, 0.5) is 10.6 Å². The molecular formula is C19H23N3O3. The van der Waals surface area contributed by atoms with Crippen molar-refractivity contribution in [3.63, 3.8) is 0 Å². The lowest BCUT2D eigenvalue weighted by molar-refractivity contribution is 0.110. The van der Waals surface area contributed by atoms with Gasteiger partial charge in [-0.3, -0.25) is 0 Å². The van der Waals surface area contributed by atoms with Gasteiger partial charge in [0.25, 0.3) is 0 Å². The number of rotatable bonds is 4. The Morgan fingerprint density at radius 1 is 1.32 bits per heavy atom. The molecule has 0 atom stereocenters. The number of amides is 1. The van der Waals surface area contributed by atoms with Crippen LogP contribution < -0.4 is 9.64 Å². The normalized spacial score (nSPS) is 14.5. The number of methoxy groups -OCH3 is 1. The molecule has 2 aromatic rings. The Balaban J connectivity index is 1.77. The highest BCUT2D eigenvalue weighted by Crippen LogP contribution is 2.29. The maximum Gasteiger partial charge on any atom is 0.410 e. The lowest BCUT2D eigenvalue weighted by Gasteiger charge is -2.35. The minimum absolute atomic E-state index is 0.240. The van der Waals surface area contributed by atoms with Crippen molar-refractivity contribution in [1.82, 2.24) is 9.88 Å². The largest absolute Gasteiger partial charge is 0.494 e. The maximum atomic E-state index is 11.9. The molecule has 1 aliphatic heterocycles. The van der Waals surface area contributed by atoms with Crippen molar-refractivity contribution in [3.8, 4) is 5.75 Å². The monoisotopic (exact) mass is 341 g/mol. The molecule has 2 heterocycles. The molecule has 0 saturated carbocycles. The van der Waals surface area contributed by atoms with Crippen LogP contribution in [-0.4, -0.2) is 55.9 Å². The molecule has 0 spiro atoms. The van der Waals surface area contributed by atoms with E-state index in [4.69, 9.17) is 14.5 Å². The van der Waals surface area contributed by atoms with E-state index in [0.29, 0.717) is 13.1 Å². The van der Waals surface area contributed by atoms with Gasteiger partial charge in [-0.25, -0.2) is 9.78 Å². The van der Waals surface area contributed by atoms with Gasteiger partial charge in [-0.05, 0) is 24.6 Å². The van der Waals surface area contributed by atoms with E-state index in [0.717, 1.165) is 41.1 Å². The smallest absolute Gasteiger partial charge is 0.410 e. The summed E-state index contributed by atoms with van der Waals surface area (Å²) in [7, 11) is 1.66. The molecule has 1 fully saturated rings. The Hall–Kier alpha value is -2.76. The number of fused-ring (bicyclic) bond motifs is 1. The highest BCUT2D eigenvalue weighted by atomic mass is 16.6. The van der Waals surface area contributed by atoms with Gasteiger partial charge in [0.2, 0.25) is 0 Å². The van der Waals surface area contributed by atoms with E-state index in [1.165, 1.54) is 0 Å². The van der Waals surface area contributed by atoms with Crippen molar-refractivity contribution in [2.75, 3.05) is 44.8 Å². The Morgan fingerprint density at radius 3 is 2.76 bits per heavy atom. The number of benzene rings is 1. The molecule has 25 heavy (non-hydrogen) atoms. The van der Waals surface area contributed by atoms with E-state index >= 15 is 0 Å². The van der Waals surface area contributed by atoms with Gasteiger partial charge >= 0.3 is 6.09 Å². The van der Waals surface area contributed by atoms with E-state index in [1.807, 2.05) is 12.1 Å². The van der Waals surface area contributed by atoms with Crippen LogP contribution >= 0.6 is 0 Å². The topological polar surface area (TPSA) is 54.9 Å². The van der Waals surface area contributed by atoms with Crippen LogP contribution in [0, 0.1) is 6.92 Å². The number of anilines is 1. The maximum absolute atomic E-state index is 11.9. The Labute approximate surface area is 147 Å². The number of pyridine rings is 1. The predicted molar refractivity (Wildman–Crippen MR) is 98.4 cm³/mol. The van der Waals surface area contributed by atoms with Crippen molar-refractivity contribution in [3.05, 3.63) is 42.5 Å². The zero-order valence-electron chi connectivity index (χ0n) is 14.7. The van der Waals surface area contributed by atoms with E-state index in [-0.39, 0.29) is 12.7 Å². The zero-order valence-corrected chi connectivity index (χ0v) is 14.7. The van der Waals surface area contributed by atoms with Crippen molar-refractivity contribution in [2.24, 2.45) is 0 Å². The summed E-state index contributed by atoms with van der Waals surface area (Å²) in [4.78, 5) is 20.6. The third-order valence-electron chi connectivity index (χ3n) is 4.40. The fourth-order valence-corrected chi connectivity index (χ4v) is 3.04. The van der Waals surface area contributed by atoms with Crippen LogP contribution in [0.2, 0.25) is 0 Å². The summed E-state index contributed by atoms with van der Waals surface area (Å²) < 4.78 is 10.5. The summed E-state index contributed by atoms with van der Waals surface area (Å²) >= 11 is 0. The molecule has 1 aromatic carbocycles. The number of piperazine rings is 1. The average molecular weight is 341 g/mol. The molecule has 0 bridgehead atoms. The first kappa shape index (κ1) is 17.1. The van der Waals surface area contributed by atoms with E-state index in [2.05, 4.69) is 30.5 Å². The molecule has 6 nitrogen and oxygen atoms in total. The summed E-state index contributed by atoms with van der Waals surface area (Å²) in [6.07, 6.45) is 1.28. The number of ether oxygens (including phenoxy) is 2.